The minimum absolute atomic E-state index is 0.249. The molecule has 2 unspecified atom stereocenters. The molecule has 18 heavy (non-hydrogen) atoms. The maximum Gasteiger partial charge on any atom is 0.0659 e. The van der Waals surface area contributed by atoms with Crippen molar-refractivity contribution in [2.45, 2.75) is 64.9 Å². The van der Waals surface area contributed by atoms with Crippen molar-refractivity contribution in [3.05, 3.63) is 0 Å². The molecule has 4 bridgehead atoms. The first kappa shape index (κ1) is 12.9. The van der Waals surface area contributed by atoms with Crippen LogP contribution in [0.2, 0.25) is 0 Å². The Labute approximate surface area is 111 Å². The summed E-state index contributed by atoms with van der Waals surface area (Å²) in [6.07, 6.45) is 7.08. The van der Waals surface area contributed by atoms with Crippen LogP contribution in [0, 0.1) is 22.7 Å². The van der Waals surface area contributed by atoms with Gasteiger partial charge in [-0.15, -0.1) is 0 Å². The minimum atomic E-state index is -0.338. The molecular weight excluding hydrogens is 224 g/mol. The topological polar surface area (TPSA) is 29.5 Å². The molecule has 4 aliphatic rings. The third-order valence-corrected chi connectivity index (χ3v) is 5.09. The van der Waals surface area contributed by atoms with E-state index in [4.69, 9.17) is 4.74 Å². The predicted molar refractivity (Wildman–Crippen MR) is 72.3 cm³/mol. The van der Waals surface area contributed by atoms with Gasteiger partial charge in [0.25, 0.3) is 0 Å². The predicted octanol–water partition coefficient (Wildman–Crippen LogP) is 3.38. The van der Waals surface area contributed by atoms with Gasteiger partial charge in [-0.1, -0.05) is 20.8 Å². The number of ether oxygens (including phenoxy) is 1. The van der Waals surface area contributed by atoms with Crippen molar-refractivity contribution in [1.82, 2.24) is 0 Å². The molecule has 4 rings (SSSR count). The van der Waals surface area contributed by atoms with Crippen LogP contribution in [0.5, 0.6) is 0 Å². The molecule has 1 N–H and O–H groups in total. The van der Waals surface area contributed by atoms with Gasteiger partial charge in [-0.25, -0.2) is 0 Å². The van der Waals surface area contributed by atoms with Crippen LogP contribution in [-0.4, -0.2) is 23.9 Å². The molecule has 0 aromatic rings. The lowest BCUT2D eigenvalue weighted by Gasteiger charge is -2.60. The van der Waals surface area contributed by atoms with Crippen molar-refractivity contribution in [3.8, 4) is 0 Å². The molecule has 104 valence electrons. The molecule has 0 saturated heterocycles. The summed E-state index contributed by atoms with van der Waals surface area (Å²) in [4.78, 5) is 0. The van der Waals surface area contributed by atoms with E-state index in [1.807, 2.05) is 0 Å². The van der Waals surface area contributed by atoms with E-state index in [-0.39, 0.29) is 11.0 Å². The van der Waals surface area contributed by atoms with Gasteiger partial charge in [0.15, 0.2) is 0 Å². The minimum Gasteiger partial charge on any atom is -0.390 e. The molecule has 0 amide bonds. The van der Waals surface area contributed by atoms with Crippen molar-refractivity contribution in [3.63, 3.8) is 0 Å². The van der Waals surface area contributed by atoms with Crippen LogP contribution in [0.4, 0.5) is 0 Å². The Hall–Kier alpha value is -0.0800. The van der Waals surface area contributed by atoms with E-state index < -0.39 is 0 Å². The van der Waals surface area contributed by atoms with Crippen LogP contribution in [0.25, 0.3) is 0 Å². The van der Waals surface area contributed by atoms with Crippen molar-refractivity contribution in [2.75, 3.05) is 13.2 Å². The SMILES string of the molecule is CC(C)(C)COCC12CC3CC(CC(O)(C3)C1)C2. The standard InChI is InChI=1S/C16H28O2/c1-14(2,3)10-18-11-15-5-12-4-13(6-15)8-16(17,7-12)9-15/h12-13,17H,4-11H2,1-3H3. The van der Waals surface area contributed by atoms with Gasteiger partial charge in [-0.2, -0.15) is 0 Å². The second-order valence-corrected chi connectivity index (χ2v) is 8.74. The third-order valence-electron chi connectivity index (χ3n) is 5.09. The Balaban J connectivity index is 1.64. The van der Waals surface area contributed by atoms with Crippen LogP contribution in [-0.2, 0) is 4.74 Å². The van der Waals surface area contributed by atoms with E-state index in [1.165, 1.54) is 19.3 Å². The monoisotopic (exact) mass is 252 g/mol. The average Bonchev–Trinajstić information content (AvgIpc) is 2.09. The molecule has 4 fully saturated rings. The fraction of sp³-hybridized carbons (Fsp3) is 1.00. The Morgan fingerprint density at radius 3 is 2.22 bits per heavy atom. The average molecular weight is 252 g/mol. The molecule has 0 aliphatic heterocycles. The van der Waals surface area contributed by atoms with Crippen molar-refractivity contribution >= 4 is 0 Å². The molecule has 2 heteroatoms. The highest BCUT2D eigenvalue weighted by Crippen LogP contribution is 2.61. The first-order valence-electron chi connectivity index (χ1n) is 7.58. The number of hydrogen-bond donors (Lipinski definition) is 1. The molecule has 0 radical (unpaired) electrons. The number of hydrogen-bond acceptors (Lipinski definition) is 2. The zero-order valence-electron chi connectivity index (χ0n) is 12.2. The second-order valence-electron chi connectivity index (χ2n) is 8.74. The first-order chi connectivity index (χ1) is 8.28. The smallest absolute Gasteiger partial charge is 0.0659 e. The van der Waals surface area contributed by atoms with Crippen LogP contribution >= 0.6 is 0 Å². The van der Waals surface area contributed by atoms with Gasteiger partial charge >= 0.3 is 0 Å². The zero-order valence-corrected chi connectivity index (χ0v) is 12.2. The Morgan fingerprint density at radius 1 is 1.11 bits per heavy atom. The fourth-order valence-corrected chi connectivity index (χ4v) is 5.14. The van der Waals surface area contributed by atoms with Crippen molar-refractivity contribution < 1.29 is 9.84 Å². The highest BCUT2D eigenvalue weighted by Gasteiger charge is 2.57. The summed E-state index contributed by atoms with van der Waals surface area (Å²) < 4.78 is 6.02. The largest absolute Gasteiger partial charge is 0.390 e. The Morgan fingerprint density at radius 2 is 1.72 bits per heavy atom. The van der Waals surface area contributed by atoms with Crippen LogP contribution in [0.15, 0.2) is 0 Å². The van der Waals surface area contributed by atoms with E-state index in [0.29, 0.717) is 5.41 Å². The number of rotatable bonds is 3. The molecule has 2 atom stereocenters. The van der Waals surface area contributed by atoms with Gasteiger partial charge in [0.1, 0.15) is 0 Å². The van der Waals surface area contributed by atoms with Gasteiger partial charge < -0.3 is 9.84 Å². The molecular formula is C16H28O2. The Kier molecular flexibility index (Phi) is 2.84. The lowest BCUT2D eigenvalue weighted by molar-refractivity contribution is -0.183. The summed E-state index contributed by atoms with van der Waals surface area (Å²) in [6.45, 7) is 8.38. The summed E-state index contributed by atoms with van der Waals surface area (Å²) in [5.74, 6) is 1.55. The summed E-state index contributed by atoms with van der Waals surface area (Å²) in [5, 5.41) is 10.7. The molecule has 0 aromatic heterocycles. The maximum absolute atomic E-state index is 10.7. The van der Waals surface area contributed by atoms with E-state index in [9.17, 15) is 5.11 Å². The normalized spacial score (nSPS) is 46.7. The zero-order chi connectivity index (χ0) is 13.0. The maximum atomic E-state index is 10.7. The summed E-state index contributed by atoms with van der Waals surface area (Å²) in [5.41, 5.74) is 0.221. The molecule has 4 aliphatic carbocycles. The lowest BCUT2D eigenvalue weighted by Crippen LogP contribution is -2.57. The van der Waals surface area contributed by atoms with Gasteiger partial charge in [0.05, 0.1) is 18.8 Å². The van der Waals surface area contributed by atoms with E-state index in [0.717, 1.165) is 44.3 Å². The van der Waals surface area contributed by atoms with Gasteiger partial charge in [-0.05, 0) is 61.2 Å². The third kappa shape index (κ3) is 2.46. The van der Waals surface area contributed by atoms with E-state index >= 15 is 0 Å². The van der Waals surface area contributed by atoms with E-state index in [2.05, 4.69) is 20.8 Å². The fourth-order valence-electron chi connectivity index (χ4n) is 5.14. The molecule has 2 nitrogen and oxygen atoms in total. The molecule has 0 aromatic carbocycles. The highest BCUT2D eigenvalue weighted by molar-refractivity contribution is 5.08. The van der Waals surface area contributed by atoms with Gasteiger partial charge in [-0.3, -0.25) is 0 Å². The molecule has 4 saturated carbocycles. The lowest BCUT2D eigenvalue weighted by atomic mass is 9.48. The second kappa shape index (κ2) is 3.96. The van der Waals surface area contributed by atoms with Crippen molar-refractivity contribution in [2.24, 2.45) is 22.7 Å². The Bertz CT molecular complexity index is 314. The summed E-state index contributed by atoms with van der Waals surface area (Å²) in [7, 11) is 0. The quantitative estimate of drug-likeness (QED) is 0.834. The molecule has 0 spiro atoms. The van der Waals surface area contributed by atoms with E-state index in [1.54, 1.807) is 0 Å². The summed E-state index contributed by atoms with van der Waals surface area (Å²) in [6, 6.07) is 0. The first-order valence-corrected chi connectivity index (χ1v) is 7.58. The van der Waals surface area contributed by atoms with Crippen LogP contribution in [0.1, 0.15) is 59.3 Å². The van der Waals surface area contributed by atoms with Gasteiger partial charge in [0, 0.05) is 0 Å². The van der Waals surface area contributed by atoms with Gasteiger partial charge in [0.2, 0.25) is 0 Å². The van der Waals surface area contributed by atoms with Crippen molar-refractivity contribution in [1.29, 1.82) is 0 Å². The van der Waals surface area contributed by atoms with Crippen LogP contribution < -0.4 is 0 Å². The van der Waals surface area contributed by atoms with Crippen LogP contribution in [0.3, 0.4) is 0 Å². The molecule has 0 heterocycles. The number of aliphatic hydroxyl groups is 1. The summed E-state index contributed by atoms with van der Waals surface area (Å²) >= 11 is 0. The highest BCUT2D eigenvalue weighted by atomic mass is 16.5.